The van der Waals surface area contributed by atoms with Crippen LogP contribution < -0.4 is 5.32 Å². The second-order valence-electron chi connectivity index (χ2n) is 4.54. The first-order chi connectivity index (χ1) is 9.15. The smallest absolute Gasteiger partial charge is 0.148 e. The van der Waals surface area contributed by atoms with Crippen LogP contribution in [0.25, 0.3) is 11.3 Å². The molecule has 1 heterocycles. The molecule has 1 aromatic heterocycles. The second kappa shape index (κ2) is 6.50. The van der Waals surface area contributed by atoms with Crippen LogP contribution in [-0.2, 0) is 0 Å². The Bertz CT molecular complexity index is 508. The van der Waals surface area contributed by atoms with E-state index in [1.165, 1.54) is 0 Å². The van der Waals surface area contributed by atoms with E-state index in [1.807, 2.05) is 50.5 Å². The normalized spacial score (nSPS) is 10.7. The molecule has 0 atom stereocenters. The zero-order chi connectivity index (χ0) is 13.7. The molecular formula is C14H17ClN4. The molecule has 0 saturated heterocycles. The molecule has 0 bridgehead atoms. The largest absolute Gasteiger partial charge is 0.367 e. The van der Waals surface area contributed by atoms with E-state index < -0.39 is 0 Å². The predicted octanol–water partition coefficient (Wildman–Crippen LogP) is 2.77. The summed E-state index contributed by atoms with van der Waals surface area (Å²) in [5.41, 5.74) is 1.85. The summed E-state index contributed by atoms with van der Waals surface area (Å²) in [6, 6.07) is 11.5. The van der Waals surface area contributed by atoms with E-state index in [9.17, 15) is 0 Å². The van der Waals surface area contributed by atoms with Gasteiger partial charge in [-0.15, -0.1) is 10.2 Å². The highest BCUT2D eigenvalue weighted by Gasteiger charge is 2.01. The zero-order valence-corrected chi connectivity index (χ0v) is 11.9. The third-order valence-corrected chi connectivity index (χ3v) is 2.92. The molecule has 0 aliphatic carbocycles. The Balaban J connectivity index is 2.00. The SMILES string of the molecule is CN(C)CCNc1ccc(-c2ccc(Cl)cc2)nn1. The van der Waals surface area contributed by atoms with Gasteiger partial charge in [-0.3, -0.25) is 0 Å². The van der Waals surface area contributed by atoms with Gasteiger partial charge in [0.2, 0.25) is 0 Å². The molecule has 0 saturated carbocycles. The van der Waals surface area contributed by atoms with Gasteiger partial charge in [-0.1, -0.05) is 23.7 Å². The van der Waals surface area contributed by atoms with Gasteiger partial charge in [0, 0.05) is 23.7 Å². The fourth-order valence-corrected chi connectivity index (χ4v) is 1.73. The molecule has 2 aromatic rings. The molecule has 0 aliphatic rings. The molecule has 0 aliphatic heterocycles. The summed E-state index contributed by atoms with van der Waals surface area (Å²) >= 11 is 5.86. The van der Waals surface area contributed by atoms with Gasteiger partial charge in [0.15, 0.2) is 0 Å². The third kappa shape index (κ3) is 4.19. The molecule has 19 heavy (non-hydrogen) atoms. The van der Waals surface area contributed by atoms with Crippen LogP contribution in [0.2, 0.25) is 5.02 Å². The predicted molar refractivity (Wildman–Crippen MR) is 79.5 cm³/mol. The van der Waals surface area contributed by atoms with Crippen LogP contribution in [0.4, 0.5) is 5.82 Å². The van der Waals surface area contributed by atoms with Crippen LogP contribution >= 0.6 is 11.6 Å². The van der Waals surface area contributed by atoms with Gasteiger partial charge in [0.25, 0.3) is 0 Å². The Kier molecular flexibility index (Phi) is 4.71. The van der Waals surface area contributed by atoms with Crippen LogP contribution in [0.3, 0.4) is 0 Å². The van der Waals surface area contributed by atoms with E-state index in [0.29, 0.717) is 0 Å². The standard InChI is InChI=1S/C14H17ClN4/c1-19(2)10-9-16-14-8-7-13(17-18-14)11-3-5-12(15)6-4-11/h3-8H,9-10H2,1-2H3,(H,16,18). The number of nitrogens with one attached hydrogen (secondary N) is 1. The van der Waals surface area contributed by atoms with Crippen LogP contribution in [0.15, 0.2) is 36.4 Å². The number of benzene rings is 1. The lowest BCUT2D eigenvalue weighted by Gasteiger charge is -2.10. The van der Waals surface area contributed by atoms with Crippen molar-refractivity contribution >= 4 is 17.4 Å². The number of likely N-dealkylation sites (N-methyl/N-ethyl adjacent to an activating group) is 1. The van der Waals surface area contributed by atoms with E-state index in [4.69, 9.17) is 11.6 Å². The summed E-state index contributed by atoms with van der Waals surface area (Å²) in [4.78, 5) is 2.11. The zero-order valence-electron chi connectivity index (χ0n) is 11.1. The van der Waals surface area contributed by atoms with Crippen molar-refractivity contribution < 1.29 is 0 Å². The number of nitrogens with zero attached hydrogens (tertiary/aromatic N) is 3. The molecule has 4 nitrogen and oxygen atoms in total. The molecule has 100 valence electrons. The van der Waals surface area contributed by atoms with Gasteiger partial charge < -0.3 is 10.2 Å². The van der Waals surface area contributed by atoms with Crippen molar-refractivity contribution in [3.63, 3.8) is 0 Å². The minimum atomic E-state index is 0.721. The molecule has 0 unspecified atom stereocenters. The molecule has 0 fully saturated rings. The third-order valence-electron chi connectivity index (χ3n) is 2.67. The minimum absolute atomic E-state index is 0.721. The molecule has 0 spiro atoms. The molecule has 5 heteroatoms. The van der Waals surface area contributed by atoms with Crippen molar-refractivity contribution in [1.29, 1.82) is 0 Å². The Labute approximate surface area is 118 Å². The Hall–Kier alpha value is -1.65. The van der Waals surface area contributed by atoms with Crippen LogP contribution in [-0.4, -0.2) is 42.3 Å². The molecular weight excluding hydrogens is 260 g/mol. The summed E-state index contributed by atoms with van der Waals surface area (Å²) in [6.45, 7) is 1.81. The highest BCUT2D eigenvalue weighted by Crippen LogP contribution is 2.19. The van der Waals surface area contributed by atoms with Gasteiger partial charge in [0.1, 0.15) is 5.82 Å². The lowest BCUT2D eigenvalue weighted by atomic mass is 10.1. The van der Waals surface area contributed by atoms with Crippen LogP contribution in [0, 0.1) is 0 Å². The topological polar surface area (TPSA) is 41.0 Å². The van der Waals surface area contributed by atoms with E-state index in [-0.39, 0.29) is 0 Å². The monoisotopic (exact) mass is 276 g/mol. The van der Waals surface area contributed by atoms with Gasteiger partial charge in [-0.2, -0.15) is 0 Å². The fourth-order valence-electron chi connectivity index (χ4n) is 1.61. The first-order valence-corrected chi connectivity index (χ1v) is 6.51. The van der Waals surface area contributed by atoms with Crippen molar-refractivity contribution in [2.24, 2.45) is 0 Å². The van der Waals surface area contributed by atoms with Crippen molar-refractivity contribution in [3.05, 3.63) is 41.4 Å². The van der Waals surface area contributed by atoms with Crippen LogP contribution in [0.1, 0.15) is 0 Å². The second-order valence-corrected chi connectivity index (χ2v) is 4.98. The summed E-state index contributed by atoms with van der Waals surface area (Å²) < 4.78 is 0. The van der Waals surface area contributed by atoms with Crippen molar-refractivity contribution in [2.45, 2.75) is 0 Å². The average molecular weight is 277 g/mol. The summed E-state index contributed by atoms with van der Waals surface area (Å²) in [6.07, 6.45) is 0. The Morgan fingerprint density at radius 3 is 2.37 bits per heavy atom. The van der Waals surface area contributed by atoms with E-state index in [1.54, 1.807) is 0 Å². The highest BCUT2D eigenvalue weighted by molar-refractivity contribution is 6.30. The van der Waals surface area contributed by atoms with Gasteiger partial charge in [-0.05, 0) is 38.4 Å². The summed E-state index contributed by atoms with van der Waals surface area (Å²) in [7, 11) is 4.08. The number of rotatable bonds is 5. The number of anilines is 1. The number of hydrogen-bond acceptors (Lipinski definition) is 4. The molecule has 0 radical (unpaired) electrons. The van der Waals surface area contributed by atoms with Crippen molar-refractivity contribution in [2.75, 3.05) is 32.5 Å². The number of hydrogen-bond donors (Lipinski definition) is 1. The maximum absolute atomic E-state index is 5.86. The van der Waals surface area contributed by atoms with E-state index in [0.717, 1.165) is 35.2 Å². The first-order valence-electron chi connectivity index (χ1n) is 6.13. The summed E-state index contributed by atoms with van der Waals surface area (Å²) in [5.74, 6) is 0.791. The van der Waals surface area contributed by atoms with E-state index >= 15 is 0 Å². The molecule has 2 rings (SSSR count). The fraction of sp³-hybridized carbons (Fsp3) is 0.286. The maximum Gasteiger partial charge on any atom is 0.148 e. The highest BCUT2D eigenvalue weighted by atomic mass is 35.5. The molecule has 1 aromatic carbocycles. The van der Waals surface area contributed by atoms with Gasteiger partial charge in [0.05, 0.1) is 5.69 Å². The lowest BCUT2D eigenvalue weighted by Crippen LogP contribution is -2.21. The Morgan fingerprint density at radius 1 is 1.05 bits per heavy atom. The number of halogens is 1. The summed E-state index contributed by atoms with van der Waals surface area (Å²) in [5, 5.41) is 12.3. The number of aromatic nitrogens is 2. The molecule has 0 amide bonds. The minimum Gasteiger partial charge on any atom is -0.367 e. The van der Waals surface area contributed by atoms with E-state index in [2.05, 4.69) is 20.4 Å². The van der Waals surface area contributed by atoms with Crippen molar-refractivity contribution in [1.82, 2.24) is 15.1 Å². The molecule has 1 N–H and O–H groups in total. The lowest BCUT2D eigenvalue weighted by molar-refractivity contribution is 0.425. The first kappa shape index (κ1) is 13.8. The van der Waals surface area contributed by atoms with Gasteiger partial charge >= 0.3 is 0 Å². The quantitative estimate of drug-likeness (QED) is 0.912. The average Bonchev–Trinajstić information content (AvgIpc) is 2.40. The maximum atomic E-state index is 5.86. The Morgan fingerprint density at radius 2 is 1.79 bits per heavy atom. The van der Waals surface area contributed by atoms with Gasteiger partial charge in [-0.25, -0.2) is 0 Å². The van der Waals surface area contributed by atoms with Crippen LogP contribution in [0.5, 0.6) is 0 Å². The van der Waals surface area contributed by atoms with Crippen molar-refractivity contribution in [3.8, 4) is 11.3 Å².